The second-order valence-electron chi connectivity index (χ2n) is 6.55. The monoisotopic (exact) mass is 413 g/mol. The van der Waals surface area contributed by atoms with Crippen molar-refractivity contribution in [3.63, 3.8) is 0 Å². The van der Waals surface area contributed by atoms with Crippen molar-refractivity contribution in [3.05, 3.63) is 47.0 Å². The van der Waals surface area contributed by atoms with Crippen molar-refractivity contribution in [1.82, 2.24) is 10.2 Å². The number of rotatable bonds is 7. The molecule has 1 heterocycles. The highest BCUT2D eigenvalue weighted by molar-refractivity contribution is 7.99. The van der Waals surface area contributed by atoms with Crippen LogP contribution in [0.2, 0.25) is 0 Å². The zero-order valence-electron chi connectivity index (χ0n) is 17.0. The summed E-state index contributed by atoms with van der Waals surface area (Å²) < 4.78 is 16.3. The van der Waals surface area contributed by atoms with Crippen molar-refractivity contribution in [3.8, 4) is 23.0 Å². The standard InChI is InChI=1S/C21H23N3O4S/c1-12-8-13(2)19(14(3)9-12)22-18(25)11-29-21-24-23-20(28-21)16-7-6-15(26-4)10-17(16)27-5/h6-10H,11H2,1-5H3,(H,22,25). The van der Waals surface area contributed by atoms with Gasteiger partial charge in [-0.15, -0.1) is 10.2 Å². The average molecular weight is 413 g/mol. The minimum absolute atomic E-state index is 0.133. The molecule has 0 saturated heterocycles. The number of amides is 1. The Kier molecular flexibility index (Phi) is 6.43. The number of methoxy groups -OCH3 is 2. The number of thioether (sulfide) groups is 1. The fourth-order valence-electron chi connectivity index (χ4n) is 3.03. The van der Waals surface area contributed by atoms with E-state index in [0.717, 1.165) is 16.8 Å². The number of carbonyl (C=O) groups excluding carboxylic acids is 1. The molecule has 7 nitrogen and oxygen atoms in total. The Labute approximate surface area is 173 Å². The molecular weight excluding hydrogens is 390 g/mol. The zero-order valence-corrected chi connectivity index (χ0v) is 17.8. The molecule has 0 unspecified atom stereocenters. The van der Waals surface area contributed by atoms with E-state index in [9.17, 15) is 4.79 Å². The maximum atomic E-state index is 12.4. The van der Waals surface area contributed by atoms with E-state index in [1.807, 2.05) is 32.9 Å². The van der Waals surface area contributed by atoms with Gasteiger partial charge in [-0.1, -0.05) is 29.5 Å². The summed E-state index contributed by atoms with van der Waals surface area (Å²) in [5, 5.41) is 11.3. The van der Waals surface area contributed by atoms with Gasteiger partial charge in [0.1, 0.15) is 11.5 Å². The number of hydrogen-bond donors (Lipinski definition) is 1. The molecule has 2 aromatic carbocycles. The molecule has 1 N–H and O–H groups in total. The molecule has 29 heavy (non-hydrogen) atoms. The molecule has 1 aromatic heterocycles. The number of aromatic nitrogens is 2. The van der Waals surface area contributed by atoms with Crippen molar-refractivity contribution in [2.75, 3.05) is 25.3 Å². The van der Waals surface area contributed by atoms with E-state index in [-0.39, 0.29) is 11.7 Å². The van der Waals surface area contributed by atoms with E-state index in [1.165, 1.54) is 17.3 Å². The fraction of sp³-hybridized carbons (Fsp3) is 0.286. The molecule has 0 saturated carbocycles. The van der Waals surface area contributed by atoms with Crippen molar-refractivity contribution >= 4 is 23.4 Å². The number of hydrogen-bond acceptors (Lipinski definition) is 7. The molecule has 0 bridgehead atoms. The SMILES string of the molecule is COc1ccc(-c2nnc(SCC(=O)Nc3c(C)cc(C)cc3C)o2)c(OC)c1. The normalized spacial score (nSPS) is 10.7. The Bertz CT molecular complexity index is 1010. The van der Waals surface area contributed by atoms with Crippen LogP contribution in [-0.2, 0) is 4.79 Å². The molecule has 0 aliphatic carbocycles. The predicted octanol–water partition coefficient (Wildman–Crippen LogP) is 4.41. The molecule has 3 rings (SSSR count). The number of aryl methyl sites for hydroxylation is 3. The van der Waals surface area contributed by atoms with Crippen LogP contribution in [0.1, 0.15) is 16.7 Å². The van der Waals surface area contributed by atoms with Crippen LogP contribution in [0.25, 0.3) is 11.5 Å². The van der Waals surface area contributed by atoms with Crippen LogP contribution in [0.4, 0.5) is 5.69 Å². The number of benzene rings is 2. The zero-order chi connectivity index (χ0) is 21.0. The molecule has 0 fully saturated rings. The molecule has 152 valence electrons. The topological polar surface area (TPSA) is 86.5 Å². The van der Waals surface area contributed by atoms with Crippen molar-refractivity contribution < 1.29 is 18.7 Å². The van der Waals surface area contributed by atoms with Gasteiger partial charge in [0.15, 0.2) is 0 Å². The summed E-state index contributed by atoms with van der Waals surface area (Å²) in [5.74, 6) is 1.57. The van der Waals surface area contributed by atoms with Crippen LogP contribution in [0.5, 0.6) is 11.5 Å². The van der Waals surface area contributed by atoms with Gasteiger partial charge < -0.3 is 19.2 Å². The van der Waals surface area contributed by atoms with E-state index in [0.29, 0.717) is 28.2 Å². The number of ether oxygens (including phenoxy) is 2. The predicted molar refractivity (Wildman–Crippen MR) is 113 cm³/mol. The van der Waals surface area contributed by atoms with Crippen LogP contribution in [-0.4, -0.2) is 36.1 Å². The fourth-order valence-corrected chi connectivity index (χ4v) is 3.60. The minimum Gasteiger partial charge on any atom is -0.497 e. The highest BCUT2D eigenvalue weighted by atomic mass is 32.2. The maximum Gasteiger partial charge on any atom is 0.277 e. The molecule has 0 aliphatic rings. The number of nitrogens with one attached hydrogen (secondary N) is 1. The van der Waals surface area contributed by atoms with E-state index in [1.54, 1.807) is 32.4 Å². The van der Waals surface area contributed by atoms with Gasteiger partial charge in [-0.05, 0) is 44.0 Å². The second-order valence-corrected chi connectivity index (χ2v) is 7.48. The Morgan fingerprint density at radius 2 is 1.79 bits per heavy atom. The minimum atomic E-state index is -0.133. The quantitative estimate of drug-likeness (QED) is 0.574. The molecule has 0 spiro atoms. The van der Waals surface area contributed by atoms with Crippen LogP contribution < -0.4 is 14.8 Å². The van der Waals surface area contributed by atoms with E-state index in [4.69, 9.17) is 13.9 Å². The molecule has 3 aromatic rings. The van der Waals surface area contributed by atoms with Gasteiger partial charge in [0, 0.05) is 11.8 Å². The van der Waals surface area contributed by atoms with Crippen LogP contribution in [0, 0.1) is 20.8 Å². The van der Waals surface area contributed by atoms with E-state index >= 15 is 0 Å². The first-order chi connectivity index (χ1) is 13.9. The summed E-state index contributed by atoms with van der Waals surface area (Å²) in [6.07, 6.45) is 0. The molecule has 1 amide bonds. The molecule has 8 heteroatoms. The highest BCUT2D eigenvalue weighted by Gasteiger charge is 2.16. The number of nitrogens with zero attached hydrogens (tertiary/aromatic N) is 2. The lowest BCUT2D eigenvalue weighted by Crippen LogP contribution is -2.15. The Morgan fingerprint density at radius 1 is 1.07 bits per heavy atom. The first kappa shape index (κ1) is 20.7. The highest BCUT2D eigenvalue weighted by Crippen LogP contribution is 2.33. The Hall–Kier alpha value is -3.00. The third-order valence-electron chi connectivity index (χ3n) is 4.31. The lowest BCUT2D eigenvalue weighted by molar-refractivity contribution is -0.113. The summed E-state index contributed by atoms with van der Waals surface area (Å²) >= 11 is 1.18. The van der Waals surface area contributed by atoms with Gasteiger partial charge >= 0.3 is 0 Å². The van der Waals surface area contributed by atoms with E-state index in [2.05, 4.69) is 15.5 Å². The van der Waals surface area contributed by atoms with Crippen LogP contribution >= 0.6 is 11.8 Å². The molecule has 0 radical (unpaired) electrons. The largest absolute Gasteiger partial charge is 0.497 e. The molecular formula is C21H23N3O4S. The first-order valence-corrected chi connectivity index (χ1v) is 9.96. The summed E-state index contributed by atoms with van der Waals surface area (Å²) in [6, 6.07) is 9.40. The van der Waals surface area contributed by atoms with Gasteiger partial charge in [-0.2, -0.15) is 0 Å². The van der Waals surface area contributed by atoms with Gasteiger partial charge in [-0.25, -0.2) is 0 Å². The Balaban J connectivity index is 1.66. The molecule has 0 atom stereocenters. The Morgan fingerprint density at radius 3 is 2.45 bits per heavy atom. The summed E-state index contributed by atoms with van der Waals surface area (Å²) in [6.45, 7) is 6.00. The third-order valence-corrected chi connectivity index (χ3v) is 5.13. The van der Waals surface area contributed by atoms with Crippen molar-refractivity contribution in [2.24, 2.45) is 0 Å². The van der Waals surface area contributed by atoms with Crippen LogP contribution in [0.15, 0.2) is 40.0 Å². The second kappa shape index (κ2) is 9.00. The van der Waals surface area contributed by atoms with Crippen LogP contribution in [0.3, 0.4) is 0 Å². The maximum absolute atomic E-state index is 12.4. The van der Waals surface area contributed by atoms with Crippen molar-refractivity contribution in [2.45, 2.75) is 26.0 Å². The van der Waals surface area contributed by atoms with Gasteiger partial charge in [-0.3, -0.25) is 4.79 Å². The molecule has 0 aliphatic heterocycles. The van der Waals surface area contributed by atoms with Gasteiger partial charge in [0.25, 0.3) is 11.1 Å². The van der Waals surface area contributed by atoms with E-state index < -0.39 is 0 Å². The van der Waals surface area contributed by atoms with Gasteiger partial charge in [0.2, 0.25) is 5.91 Å². The lowest BCUT2D eigenvalue weighted by atomic mass is 10.1. The third kappa shape index (κ3) is 4.89. The summed E-state index contributed by atoms with van der Waals surface area (Å²) in [5.41, 5.74) is 4.73. The number of carbonyl (C=O) groups is 1. The smallest absolute Gasteiger partial charge is 0.277 e. The number of anilines is 1. The van der Waals surface area contributed by atoms with Crippen molar-refractivity contribution in [1.29, 1.82) is 0 Å². The summed E-state index contributed by atoms with van der Waals surface area (Å²) in [4.78, 5) is 12.4. The lowest BCUT2D eigenvalue weighted by Gasteiger charge is -2.12. The average Bonchev–Trinajstić information content (AvgIpc) is 3.17. The van der Waals surface area contributed by atoms with Gasteiger partial charge in [0.05, 0.1) is 25.5 Å². The summed E-state index contributed by atoms with van der Waals surface area (Å²) in [7, 11) is 3.14. The first-order valence-electron chi connectivity index (χ1n) is 8.97.